The van der Waals surface area contributed by atoms with Crippen LogP contribution in [0.3, 0.4) is 0 Å². The van der Waals surface area contributed by atoms with E-state index in [1.165, 1.54) is 9.75 Å². The summed E-state index contributed by atoms with van der Waals surface area (Å²) < 4.78 is 0. The molecule has 0 unspecified atom stereocenters. The fourth-order valence-corrected chi connectivity index (χ4v) is 2.03. The lowest BCUT2D eigenvalue weighted by Gasteiger charge is -1.93. The van der Waals surface area contributed by atoms with E-state index in [0.29, 0.717) is 5.84 Å². The van der Waals surface area contributed by atoms with Crippen LogP contribution in [-0.2, 0) is 0 Å². The van der Waals surface area contributed by atoms with Crippen LogP contribution in [0.1, 0.15) is 23.6 Å². The molecule has 0 radical (unpaired) electrons. The molecule has 1 heterocycles. The molecule has 3 nitrogen and oxygen atoms in total. The smallest absolute Gasteiger partial charge is 0.153 e. The van der Waals surface area contributed by atoms with Crippen molar-refractivity contribution in [3.05, 3.63) is 28.0 Å². The molecular weight excluding hydrogens is 230 g/mol. The van der Waals surface area contributed by atoms with Gasteiger partial charge in [0, 0.05) is 16.3 Å². The summed E-state index contributed by atoms with van der Waals surface area (Å²) in [7, 11) is 0. The monoisotopic (exact) mass is 247 g/mol. The Morgan fingerprint density at radius 2 is 2.24 bits per heavy atom. The van der Waals surface area contributed by atoms with E-state index in [0.717, 1.165) is 12.4 Å². The van der Waals surface area contributed by atoms with Crippen LogP contribution in [-0.4, -0.2) is 24.9 Å². The standard InChI is InChI=1S/C13H17N3S/c1-5-15-11(3)16-13(14-4)9-8-12-7-6-10(2)17-12/h6-9H,4-5H2,1-3H3/b9-8+,15-11?,16-13?. The minimum Gasteiger partial charge on any atom is -0.271 e. The summed E-state index contributed by atoms with van der Waals surface area (Å²) in [5.41, 5.74) is 0. The molecule has 0 saturated heterocycles. The quantitative estimate of drug-likeness (QED) is 0.578. The summed E-state index contributed by atoms with van der Waals surface area (Å²) >= 11 is 1.74. The van der Waals surface area contributed by atoms with E-state index >= 15 is 0 Å². The topological polar surface area (TPSA) is 37.1 Å². The van der Waals surface area contributed by atoms with Crippen molar-refractivity contribution in [1.82, 2.24) is 0 Å². The molecule has 4 heteroatoms. The van der Waals surface area contributed by atoms with E-state index in [1.54, 1.807) is 11.3 Å². The van der Waals surface area contributed by atoms with Crippen molar-refractivity contribution in [1.29, 1.82) is 0 Å². The third-order valence-corrected chi connectivity index (χ3v) is 2.95. The summed E-state index contributed by atoms with van der Waals surface area (Å²) in [6.45, 7) is 10.2. The summed E-state index contributed by atoms with van der Waals surface area (Å²) in [6, 6.07) is 4.16. The summed E-state index contributed by atoms with van der Waals surface area (Å²) in [6.07, 6.45) is 3.84. The molecule has 0 aliphatic carbocycles. The van der Waals surface area contributed by atoms with Crippen LogP contribution < -0.4 is 0 Å². The second-order valence-electron chi connectivity index (χ2n) is 3.43. The Balaban J connectivity index is 2.80. The molecule has 1 aromatic heterocycles. The SMILES string of the molecule is C=NC(/C=C/c1ccc(C)s1)=NC(C)=NCC. The second-order valence-corrected chi connectivity index (χ2v) is 4.75. The maximum Gasteiger partial charge on any atom is 0.153 e. The molecule has 0 aliphatic rings. The minimum atomic E-state index is 0.589. The van der Waals surface area contributed by atoms with Crippen molar-refractivity contribution in [2.75, 3.05) is 6.54 Å². The summed E-state index contributed by atoms with van der Waals surface area (Å²) in [5.74, 6) is 1.31. The highest BCUT2D eigenvalue weighted by Gasteiger charge is 1.94. The maximum atomic E-state index is 4.26. The molecule has 90 valence electrons. The van der Waals surface area contributed by atoms with Crippen molar-refractivity contribution < 1.29 is 0 Å². The number of aliphatic imine (C=N–C) groups is 3. The first-order chi connectivity index (χ1) is 8.15. The first kappa shape index (κ1) is 13.5. The number of thiophene rings is 1. The van der Waals surface area contributed by atoms with E-state index in [9.17, 15) is 0 Å². The van der Waals surface area contributed by atoms with E-state index in [2.05, 4.69) is 40.8 Å². The van der Waals surface area contributed by atoms with Crippen molar-refractivity contribution >= 4 is 35.8 Å². The van der Waals surface area contributed by atoms with Crippen molar-refractivity contribution in [2.24, 2.45) is 15.0 Å². The molecule has 17 heavy (non-hydrogen) atoms. The zero-order valence-corrected chi connectivity index (χ0v) is 11.3. The first-order valence-corrected chi connectivity index (χ1v) is 6.28. The van der Waals surface area contributed by atoms with Crippen LogP contribution in [0.15, 0.2) is 33.2 Å². The predicted octanol–water partition coefficient (Wildman–Crippen LogP) is 3.61. The van der Waals surface area contributed by atoms with Crippen LogP contribution in [0.25, 0.3) is 6.08 Å². The number of nitrogens with zero attached hydrogens (tertiary/aromatic N) is 3. The van der Waals surface area contributed by atoms with Gasteiger partial charge in [0.2, 0.25) is 0 Å². The number of amidine groups is 2. The maximum absolute atomic E-state index is 4.26. The third-order valence-electron chi connectivity index (χ3n) is 1.98. The highest BCUT2D eigenvalue weighted by atomic mass is 32.1. The minimum absolute atomic E-state index is 0.589. The van der Waals surface area contributed by atoms with Gasteiger partial charge >= 0.3 is 0 Å². The van der Waals surface area contributed by atoms with E-state index in [4.69, 9.17) is 0 Å². The molecule has 0 N–H and O–H groups in total. The van der Waals surface area contributed by atoms with Gasteiger partial charge in [0.15, 0.2) is 5.84 Å². The zero-order valence-electron chi connectivity index (χ0n) is 10.5. The van der Waals surface area contributed by atoms with Gasteiger partial charge in [0.05, 0.1) is 0 Å². The zero-order chi connectivity index (χ0) is 12.7. The molecule has 1 rings (SSSR count). The van der Waals surface area contributed by atoms with Crippen molar-refractivity contribution in [3.8, 4) is 0 Å². The normalized spacial score (nSPS) is 13.4. The van der Waals surface area contributed by atoms with E-state index in [1.807, 2.05) is 26.0 Å². The van der Waals surface area contributed by atoms with Gasteiger partial charge in [-0.15, -0.1) is 11.3 Å². The fourth-order valence-electron chi connectivity index (χ4n) is 1.25. The molecular formula is C13H17N3S. The largest absolute Gasteiger partial charge is 0.271 e. The number of hydrogen-bond donors (Lipinski definition) is 0. The lowest BCUT2D eigenvalue weighted by Crippen LogP contribution is -1.94. The average Bonchev–Trinajstić information content (AvgIpc) is 2.70. The van der Waals surface area contributed by atoms with Gasteiger partial charge in [0.25, 0.3) is 0 Å². The first-order valence-electron chi connectivity index (χ1n) is 5.46. The van der Waals surface area contributed by atoms with Gasteiger partial charge in [0.1, 0.15) is 5.84 Å². The Bertz CT molecular complexity index is 467. The Morgan fingerprint density at radius 3 is 2.76 bits per heavy atom. The third kappa shape index (κ3) is 4.87. The number of rotatable bonds is 3. The van der Waals surface area contributed by atoms with Crippen LogP contribution in [0.2, 0.25) is 0 Å². The van der Waals surface area contributed by atoms with Gasteiger partial charge in [-0.05, 0) is 51.8 Å². The highest BCUT2D eigenvalue weighted by Crippen LogP contribution is 2.16. The molecule has 0 atom stereocenters. The lowest BCUT2D eigenvalue weighted by atomic mass is 10.4. The summed E-state index contributed by atoms with van der Waals surface area (Å²) in [4.78, 5) is 14.8. The molecule has 0 saturated carbocycles. The van der Waals surface area contributed by atoms with E-state index < -0.39 is 0 Å². The highest BCUT2D eigenvalue weighted by molar-refractivity contribution is 7.12. The molecule has 0 aliphatic heterocycles. The van der Waals surface area contributed by atoms with E-state index in [-0.39, 0.29) is 0 Å². The van der Waals surface area contributed by atoms with Gasteiger partial charge in [-0.3, -0.25) is 4.99 Å². The van der Waals surface area contributed by atoms with Crippen LogP contribution >= 0.6 is 11.3 Å². The van der Waals surface area contributed by atoms with Gasteiger partial charge in [-0.25, -0.2) is 9.98 Å². The second kappa shape index (κ2) is 6.91. The molecule has 0 fully saturated rings. The van der Waals surface area contributed by atoms with Crippen LogP contribution in [0.4, 0.5) is 0 Å². The Hall–Kier alpha value is -1.55. The Kier molecular flexibility index (Phi) is 5.49. The Morgan fingerprint density at radius 1 is 1.47 bits per heavy atom. The lowest BCUT2D eigenvalue weighted by molar-refractivity contribution is 1.12. The summed E-state index contributed by atoms with van der Waals surface area (Å²) in [5, 5.41) is 0. The molecule has 0 aromatic carbocycles. The van der Waals surface area contributed by atoms with Gasteiger partial charge < -0.3 is 0 Å². The molecule has 0 amide bonds. The molecule has 0 spiro atoms. The van der Waals surface area contributed by atoms with Gasteiger partial charge in [-0.2, -0.15) is 0 Å². The fraction of sp³-hybridized carbons (Fsp3) is 0.308. The Labute approximate surface area is 106 Å². The van der Waals surface area contributed by atoms with Crippen LogP contribution in [0, 0.1) is 6.92 Å². The number of aryl methyl sites for hydroxylation is 1. The average molecular weight is 247 g/mol. The molecule has 1 aromatic rings. The van der Waals surface area contributed by atoms with Crippen LogP contribution in [0.5, 0.6) is 0 Å². The van der Waals surface area contributed by atoms with Crippen molar-refractivity contribution in [3.63, 3.8) is 0 Å². The predicted molar refractivity (Wildman–Crippen MR) is 78.7 cm³/mol. The van der Waals surface area contributed by atoms with Gasteiger partial charge in [-0.1, -0.05) is 0 Å². The van der Waals surface area contributed by atoms with Crippen molar-refractivity contribution in [2.45, 2.75) is 20.8 Å². The molecule has 0 bridgehead atoms. The number of hydrogen-bond acceptors (Lipinski definition) is 2.